The van der Waals surface area contributed by atoms with Gasteiger partial charge in [-0.3, -0.25) is 4.79 Å². The number of rotatable bonds is 6. The van der Waals surface area contributed by atoms with Crippen molar-refractivity contribution in [1.29, 1.82) is 0 Å². The van der Waals surface area contributed by atoms with Crippen molar-refractivity contribution in [2.24, 2.45) is 0 Å². The number of carbonyl (C=O) groups is 1. The Hall–Kier alpha value is -2.53. The first-order valence-electron chi connectivity index (χ1n) is 6.81. The first kappa shape index (κ1) is 15.9. The normalized spacial score (nSPS) is 11.9. The van der Waals surface area contributed by atoms with Crippen LogP contribution in [-0.2, 0) is 9.53 Å². The van der Waals surface area contributed by atoms with E-state index in [1.807, 2.05) is 6.07 Å². The Labute approximate surface area is 128 Å². The molecular weight excluding hydrogens is 284 g/mol. The van der Waals surface area contributed by atoms with Crippen molar-refractivity contribution in [2.45, 2.75) is 12.8 Å². The van der Waals surface area contributed by atoms with Crippen molar-refractivity contribution in [2.75, 3.05) is 13.9 Å². The van der Waals surface area contributed by atoms with E-state index >= 15 is 0 Å². The van der Waals surface area contributed by atoms with Gasteiger partial charge >= 0.3 is 5.97 Å². The standard InChI is InChI=1S/C17H18O5/c1-11(17(19)20)13-5-8-15(16(9-13)22-10-21-2)12-3-6-14(18)7-4-12/h3-9,11,18H,10H2,1-2H3,(H,19,20). The molecule has 0 bridgehead atoms. The molecular formula is C17H18O5. The molecule has 1 atom stereocenters. The monoisotopic (exact) mass is 302 g/mol. The van der Waals surface area contributed by atoms with Crippen molar-refractivity contribution >= 4 is 5.97 Å². The largest absolute Gasteiger partial charge is 0.508 e. The molecule has 0 spiro atoms. The number of phenols is 1. The lowest BCUT2D eigenvalue weighted by molar-refractivity contribution is -0.138. The second-order valence-corrected chi connectivity index (χ2v) is 4.91. The summed E-state index contributed by atoms with van der Waals surface area (Å²) in [7, 11) is 1.52. The van der Waals surface area contributed by atoms with Gasteiger partial charge in [0.2, 0.25) is 0 Å². The maximum atomic E-state index is 11.1. The molecule has 5 nitrogen and oxygen atoms in total. The predicted molar refractivity (Wildman–Crippen MR) is 82.1 cm³/mol. The van der Waals surface area contributed by atoms with E-state index in [1.54, 1.807) is 43.3 Å². The summed E-state index contributed by atoms with van der Waals surface area (Å²) in [5.41, 5.74) is 2.32. The lowest BCUT2D eigenvalue weighted by Crippen LogP contribution is -2.08. The number of carboxylic acids is 1. The molecule has 2 N–H and O–H groups in total. The van der Waals surface area contributed by atoms with Gasteiger partial charge in [0.1, 0.15) is 11.5 Å². The van der Waals surface area contributed by atoms with E-state index < -0.39 is 11.9 Å². The number of methoxy groups -OCH3 is 1. The lowest BCUT2D eigenvalue weighted by atomic mass is 9.96. The van der Waals surface area contributed by atoms with Gasteiger partial charge in [0.15, 0.2) is 6.79 Å². The van der Waals surface area contributed by atoms with E-state index in [0.717, 1.165) is 11.1 Å². The summed E-state index contributed by atoms with van der Waals surface area (Å²) in [6.45, 7) is 1.69. The minimum atomic E-state index is -0.893. The minimum absolute atomic E-state index is 0.0655. The predicted octanol–water partition coefficient (Wildman–Crippen LogP) is 3.23. The Morgan fingerprint density at radius 1 is 1.18 bits per heavy atom. The highest BCUT2D eigenvalue weighted by Crippen LogP contribution is 2.34. The van der Waals surface area contributed by atoms with Gasteiger partial charge in [-0.1, -0.05) is 24.3 Å². The molecule has 0 fully saturated rings. The Morgan fingerprint density at radius 3 is 2.45 bits per heavy atom. The molecule has 116 valence electrons. The van der Waals surface area contributed by atoms with Crippen LogP contribution in [0.2, 0.25) is 0 Å². The molecule has 0 saturated carbocycles. The first-order valence-corrected chi connectivity index (χ1v) is 6.81. The smallest absolute Gasteiger partial charge is 0.310 e. The van der Waals surface area contributed by atoms with Crippen molar-refractivity contribution in [3.63, 3.8) is 0 Å². The average molecular weight is 302 g/mol. The number of carboxylic acid groups (broad SMARTS) is 1. The Bertz CT molecular complexity index is 649. The van der Waals surface area contributed by atoms with Crippen molar-refractivity contribution < 1.29 is 24.5 Å². The van der Waals surface area contributed by atoms with E-state index in [2.05, 4.69) is 0 Å². The van der Waals surface area contributed by atoms with Gasteiger partial charge < -0.3 is 19.7 Å². The van der Waals surface area contributed by atoms with Crippen molar-refractivity contribution in [3.05, 3.63) is 48.0 Å². The zero-order chi connectivity index (χ0) is 16.1. The van der Waals surface area contributed by atoms with E-state index in [4.69, 9.17) is 14.6 Å². The quantitative estimate of drug-likeness (QED) is 0.801. The highest BCUT2D eigenvalue weighted by Gasteiger charge is 2.16. The molecule has 0 aliphatic heterocycles. The number of phenolic OH excluding ortho intramolecular Hbond substituents is 1. The summed E-state index contributed by atoms with van der Waals surface area (Å²) in [6.07, 6.45) is 0. The molecule has 2 aromatic rings. The summed E-state index contributed by atoms with van der Waals surface area (Å²) in [5.74, 6) is -0.800. The highest BCUT2D eigenvalue weighted by molar-refractivity contribution is 5.77. The molecule has 0 saturated heterocycles. The highest BCUT2D eigenvalue weighted by atomic mass is 16.7. The van der Waals surface area contributed by atoms with Crippen molar-refractivity contribution in [3.8, 4) is 22.6 Å². The third kappa shape index (κ3) is 3.56. The zero-order valence-corrected chi connectivity index (χ0v) is 12.4. The Morgan fingerprint density at radius 2 is 1.86 bits per heavy atom. The fourth-order valence-electron chi connectivity index (χ4n) is 2.07. The summed E-state index contributed by atoms with van der Waals surface area (Å²) in [6, 6.07) is 12.0. The van der Waals surface area contributed by atoms with Crippen LogP contribution >= 0.6 is 0 Å². The molecule has 0 aliphatic carbocycles. The topological polar surface area (TPSA) is 76.0 Å². The van der Waals surface area contributed by atoms with Gasteiger partial charge in [-0.25, -0.2) is 0 Å². The van der Waals surface area contributed by atoms with Gasteiger partial charge in [-0.05, 0) is 36.2 Å². The van der Waals surface area contributed by atoms with Gasteiger partial charge in [0.25, 0.3) is 0 Å². The summed E-state index contributed by atoms with van der Waals surface area (Å²) < 4.78 is 10.5. The van der Waals surface area contributed by atoms with Crippen LogP contribution in [0, 0.1) is 0 Å². The second kappa shape index (κ2) is 6.95. The third-order valence-corrected chi connectivity index (χ3v) is 3.39. The molecule has 22 heavy (non-hydrogen) atoms. The second-order valence-electron chi connectivity index (χ2n) is 4.91. The van der Waals surface area contributed by atoms with Gasteiger partial charge in [0, 0.05) is 12.7 Å². The van der Waals surface area contributed by atoms with Crippen LogP contribution in [0.25, 0.3) is 11.1 Å². The van der Waals surface area contributed by atoms with E-state index in [9.17, 15) is 9.90 Å². The molecule has 0 heterocycles. The number of ether oxygens (including phenoxy) is 2. The van der Waals surface area contributed by atoms with Crippen LogP contribution in [-0.4, -0.2) is 30.1 Å². The van der Waals surface area contributed by atoms with E-state index in [1.165, 1.54) is 7.11 Å². The number of hydrogen-bond acceptors (Lipinski definition) is 4. The maximum Gasteiger partial charge on any atom is 0.310 e. The van der Waals surface area contributed by atoms with Crippen LogP contribution in [0.4, 0.5) is 0 Å². The van der Waals surface area contributed by atoms with E-state index in [0.29, 0.717) is 11.3 Å². The number of aliphatic carboxylic acids is 1. The van der Waals surface area contributed by atoms with Crippen LogP contribution in [0.3, 0.4) is 0 Å². The SMILES string of the molecule is COCOc1cc(C(C)C(=O)O)ccc1-c1ccc(O)cc1. The van der Waals surface area contributed by atoms with Gasteiger partial charge in [-0.2, -0.15) is 0 Å². The first-order chi connectivity index (χ1) is 10.5. The molecule has 2 rings (SSSR count). The number of aromatic hydroxyl groups is 1. The molecule has 5 heteroatoms. The van der Waals surface area contributed by atoms with Gasteiger partial charge in [-0.15, -0.1) is 0 Å². The summed E-state index contributed by atoms with van der Waals surface area (Å²) in [5, 5.41) is 18.5. The fraction of sp³-hybridized carbons (Fsp3) is 0.235. The van der Waals surface area contributed by atoms with Crippen LogP contribution in [0.1, 0.15) is 18.4 Å². The molecule has 0 aliphatic rings. The average Bonchev–Trinajstić information content (AvgIpc) is 2.52. The van der Waals surface area contributed by atoms with E-state index in [-0.39, 0.29) is 12.5 Å². The Kier molecular flexibility index (Phi) is 5.01. The molecule has 0 aromatic heterocycles. The van der Waals surface area contributed by atoms with Crippen LogP contribution in [0.5, 0.6) is 11.5 Å². The molecule has 0 radical (unpaired) electrons. The molecule has 0 amide bonds. The summed E-state index contributed by atoms with van der Waals surface area (Å²) >= 11 is 0. The Balaban J connectivity index is 2.44. The summed E-state index contributed by atoms with van der Waals surface area (Å²) in [4.78, 5) is 11.1. The molecule has 1 unspecified atom stereocenters. The van der Waals surface area contributed by atoms with Gasteiger partial charge in [0.05, 0.1) is 5.92 Å². The maximum absolute atomic E-state index is 11.1. The number of hydrogen-bond donors (Lipinski definition) is 2. The molecule has 2 aromatic carbocycles. The zero-order valence-electron chi connectivity index (χ0n) is 12.4. The number of benzene rings is 2. The van der Waals surface area contributed by atoms with Crippen LogP contribution in [0.15, 0.2) is 42.5 Å². The fourth-order valence-corrected chi connectivity index (χ4v) is 2.07. The lowest BCUT2D eigenvalue weighted by Gasteiger charge is -2.15. The van der Waals surface area contributed by atoms with Crippen LogP contribution < -0.4 is 4.74 Å². The third-order valence-electron chi connectivity index (χ3n) is 3.39. The minimum Gasteiger partial charge on any atom is -0.508 e. The van der Waals surface area contributed by atoms with Crippen molar-refractivity contribution in [1.82, 2.24) is 0 Å².